The van der Waals surface area contributed by atoms with E-state index < -0.39 is 24.2 Å². The summed E-state index contributed by atoms with van der Waals surface area (Å²) in [5.74, 6) is -1.11. The van der Waals surface area contributed by atoms with E-state index in [1.165, 1.54) is 23.8 Å². The zero-order chi connectivity index (χ0) is 25.7. The molecule has 1 atom stereocenters. The van der Waals surface area contributed by atoms with E-state index in [0.717, 1.165) is 17.4 Å². The summed E-state index contributed by atoms with van der Waals surface area (Å²) in [7, 11) is 0. The number of alkyl halides is 2. The highest BCUT2D eigenvalue weighted by Gasteiger charge is 2.32. The van der Waals surface area contributed by atoms with Gasteiger partial charge < -0.3 is 10.1 Å². The van der Waals surface area contributed by atoms with Crippen molar-refractivity contribution in [2.45, 2.75) is 31.4 Å². The molecule has 36 heavy (non-hydrogen) atoms. The Labute approximate surface area is 214 Å². The number of carbonyl (C=O) groups is 1. The molecule has 1 aromatic carbocycles. The first-order valence-electron chi connectivity index (χ1n) is 11.1. The molecule has 1 fully saturated rings. The molecule has 1 unspecified atom stereocenters. The highest BCUT2D eigenvalue weighted by molar-refractivity contribution is 7.09. The molecule has 3 heterocycles. The van der Waals surface area contributed by atoms with Gasteiger partial charge in [-0.1, -0.05) is 17.7 Å². The highest BCUT2D eigenvalue weighted by Crippen LogP contribution is 2.35. The summed E-state index contributed by atoms with van der Waals surface area (Å²) in [5.41, 5.74) is 0.906. The van der Waals surface area contributed by atoms with E-state index in [4.69, 9.17) is 16.3 Å². The molecule has 7 nitrogen and oxygen atoms in total. The molecule has 1 aliphatic rings. The second kappa shape index (κ2) is 11.7. The molecule has 1 N–H and O–H groups in total. The van der Waals surface area contributed by atoms with Crippen molar-refractivity contribution in [2.24, 2.45) is 0 Å². The van der Waals surface area contributed by atoms with E-state index in [9.17, 15) is 23.2 Å². The van der Waals surface area contributed by atoms with Crippen LogP contribution in [0.25, 0.3) is 0 Å². The van der Waals surface area contributed by atoms with Gasteiger partial charge in [-0.15, -0.1) is 11.3 Å². The van der Waals surface area contributed by atoms with Crippen LogP contribution >= 0.6 is 22.9 Å². The number of hydrogen-bond acceptors (Lipinski definition) is 7. The lowest BCUT2D eigenvalue weighted by Gasteiger charge is -2.37. The van der Waals surface area contributed by atoms with Gasteiger partial charge in [0.1, 0.15) is 23.7 Å². The standard InChI is InChI=1S/C24H21ClF3N5O2S/c25-15-3-1-4-16(26)20(15)24(34)31-12-18(22-21(23(27)28)32-13-36-22)33-9-6-14(7-10-33)35-19-5-2-8-30-17(19)11-29/h1-5,8,13-14,18,23H,6-7,9-10,12H2,(H,31,34). The minimum absolute atomic E-state index is 0.0415. The van der Waals surface area contributed by atoms with Crippen LogP contribution < -0.4 is 10.1 Å². The molecule has 0 radical (unpaired) electrons. The zero-order valence-electron chi connectivity index (χ0n) is 18.8. The van der Waals surface area contributed by atoms with Crippen molar-refractivity contribution >= 4 is 28.8 Å². The molecule has 0 bridgehead atoms. The SMILES string of the molecule is N#Cc1ncccc1OC1CCN(C(CNC(=O)c2c(F)cccc2Cl)c2scnc2C(F)F)CC1. The molecular weight excluding hydrogens is 515 g/mol. The van der Waals surface area contributed by atoms with E-state index in [1.54, 1.807) is 12.1 Å². The molecule has 4 rings (SSSR count). The van der Waals surface area contributed by atoms with E-state index >= 15 is 0 Å². The van der Waals surface area contributed by atoms with Gasteiger partial charge in [-0.3, -0.25) is 9.69 Å². The number of aromatic nitrogens is 2. The molecule has 1 saturated heterocycles. The number of hydrogen-bond donors (Lipinski definition) is 1. The van der Waals surface area contributed by atoms with Crippen LogP contribution in [0.4, 0.5) is 13.2 Å². The number of thiazole rings is 1. The molecule has 0 spiro atoms. The van der Waals surface area contributed by atoms with E-state index in [0.29, 0.717) is 36.6 Å². The first kappa shape index (κ1) is 25.9. The lowest BCUT2D eigenvalue weighted by Crippen LogP contribution is -2.44. The van der Waals surface area contributed by atoms with Crippen LogP contribution in [0.5, 0.6) is 5.75 Å². The van der Waals surface area contributed by atoms with Crippen molar-refractivity contribution in [1.29, 1.82) is 5.26 Å². The minimum Gasteiger partial charge on any atom is -0.487 e. The molecule has 1 aliphatic heterocycles. The smallest absolute Gasteiger partial charge is 0.281 e. The fourth-order valence-electron chi connectivity index (χ4n) is 4.11. The molecule has 3 aromatic rings. The van der Waals surface area contributed by atoms with Crippen molar-refractivity contribution in [3.05, 3.63) is 74.7 Å². The predicted octanol–water partition coefficient (Wildman–Crippen LogP) is 5.15. The van der Waals surface area contributed by atoms with Crippen LogP contribution in [0, 0.1) is 17.1 Å². The minimum atomic E-state index is -2.78. The molecule has 0 saturated carbocycles. The Kier molecular flexibility index (Phi) is 8.40. The number of nitriles is 1. The van der Waals surface area contributed by atoms with Crippen molar-refractivity contribution in [3.63, 3.8) is 0 Å². The monoisotopic (exact) mass is 535 g/mol. The number of amides is 1. The maximum absolute atomic E-state index is 14.2. The van der Waals surface area contributed by atoms with Crippen molar-refractivity contribution in [1.82, 2.24) is 20.2 Å². The van der Waals surface area contributed by atoms with Gasteiger partial charge in [-0.25, -0.2) is 23.1 Å². The third-order valence-corrected chi connectivity index (χ3v) is 7.13. The fourth-order valence-corrected chi connectivity index (χ4v) is 5.29. The normalized spacial score (nSPS) is 15.4. The maximum atomic E-state index is 14.2. The Morgan fingerprint density at radius 2 is 2.06 bits per heavy atom. The molecule has 12 heteroatoms. The van der Waals surface area contributed by atoms with Crippen LogP contribution in [0.15, 0.2) is 42.0 Å². The Balaban J connectivity index is 1.49. The number of ether oxygens (including phenoxy) is 1. The third kappa shape index (κ3) is 5.78. The first-order chi connectivity index (χ1) is 17.4. The van der Waals surface area contributed by atoms with Gasteiger partial charge in [0, 0.05) is 25.8 Å². The van der Waals surface area contributed by atoms with Crippen LogP contribution in [0.2, 0.25) is 5.02 Å². The van der Waals surface area contributed by atoms with Crippen molar-refractivity contribution in [2.75, 3.05) is 19.6 Å². The third-order valence-electron chi connectivity index (χ3n) is 5.87. The van der Waals surface area contributed by atoms with Gasteiger partial charge in [0.15, 0.2) is 11.4 Å². The summed E-state index contributed by atoms with van der Waals surface area (Å²) in [6.07, 6.45) is -0.336. The second-order valence-corrected chi connectivity index (χ2v) is 9.33. The summed E-state index contributed by atoms with van der Waals surface area (Å²) in [6, 6.07) is 8.67. The Hall–Kier alpha value is -3.20. The van der Waals surface area contributed by atoms with Gasteiger partial charge in [-0.05, 0) is 37.1 Å². The molecular formula is C24H21ClF3N5O2S. The number of carbonyl (C=O) groups excluding carboxylic acids is 1. The average molecular weight is 536 g/mol. The van der Waals surface area contributed by atoms with Crippen LogP contribution in [0.3, 0.4) is 0 Å². The number of halogens is 4. The Bertz CT molecular complexity index is 1240. The quantitative estimate of drug-likeness (QED) is 0.429. The lowest BCUT2D eigenvalue weighted by molar-refractivity contribution is 0.0700. The number of pyridine rings is 1. The number of piperidine rings is 1. The number of nitrogens with one attached hydrogen (secondary N) is 1. The molecule has 1 amide bonds. The van der Waals surface area contributed by atoms with E-state index in [1.807, 2.05) is 11.0 Å². The second-order valence-electron chi connectivity index (χ2n) is 8.04. The van der Waals surface area contributed by atoms with E-state index in [-0.39, 0.29) is 34.6 Å². The van der Waals surface area contributed by atoms with Crippen molar-refractivity contribution in [3.8, 4) is 11.8 Å². The topological polar surface area (TPSA) is 91.1 Å². The van der Waals surface area contributed by atoms with Gasteiger partial charge in [-0.2, -0.15) is 5.26 Å². The number of rotatable bonds is 8. The predicted molar refractivity (Wildman–Crippen MR) is 128 cm³/mol. The Morgan fingerprint density at radius 3 is 2.75 bits per heavy atom. The number of likely N-dealkylation sites (tertiary alicyclic amines) is 1. The highest BCUT2D eigenvalue weighted by atomic mass is 35.5. The van der Waals surface area contributed by atoms with Gasteiger partial charge >= 0.3 is 0 Å². The number of benzene rings is 1. The zero-order valence-corrected chi connectivity index (χ0v) is 20.4. The number of nitrogens with zero attached hydrogens (tertiary/aromatic N) is 4. The van der Waals surface area contributed by atoms with Gasteiger partial charge in [0.05, 0.1) is 27.0 Å². The first-order valence-corrected chi connectivity index (χ1v) is 12.3. The van der Waals surface area contributed by atoms with E-state index in [2.05, 4.69) is 15.3 Å². The van der Waals surface area contributed by atoms with Crippen LogP contribution in [0.1, 0.15) is 51.9 Å². The molecule has 0 aliphatic carbocycles. The van der Waals surface area contributed by atoms with Gasteiger partial charge in [0.25, 0.3) is 12.3 Å². The average Bonchev–Trinajstić information content (AvgIpc) is 3.35. The summed E-state index contributed by atoms with van der Waals surface area (Å²) in [5, 5.41) is 11.8. The van der Waals surface area contributed by atoms with Gasteiger partial charge in [0.2, 0.25) is 0 Å². The van der Waals surface area contributed by atoms with Crippen LogP contribution in [-0.4, -0.2) is 46.5 Å². The molecule has 188 valence electrons. The van der Waals surface area contributed by atoms with Crippen LogP contribution in [-0.2, 0) is 0 Å². The molecule has 2 aromatic heterocycles. The fraction of sp³-hybridized carbons (Fsp3) is 0.333. The summed E-state index contributed by atoms with van der Waals surface area (Å²) < 4.78 is 47.5. The maximum Gasteiger partial charge on any atom is 0.281 e. The van der Waals surface area contributed by atoms with Crippen molar-refractivity contribution < 1.29 is 22.7 Å². The summed E-state index contributed by atoms with van der Waals surface area (Å²) in [6.45, 7) is 0.918. The summed E-state index contributed by atoms with van der Waals surface area (Å²) >= 11 is 7.08. The Morgan fingerprint density at radius 1 is 1.28 bits per heavy atom. The lowest BCUT2D eigenvalue weighted by atomic mass is 10.0. The summed E-state index contributed by atoms with van der Waals surface area (Å²) in [4.78, 5) is 22.8. The largest absolute Gasteiger partial charge is 0.487 e.